The Labute approximate surface area is 233 Å². The van der Waals surface area contributed by atoms with E-state index in [4.69, 9.17) is 23.4 Å². The summed E-state index contributed by atoms with van der Waals surface area (Å²) in [5, 5.41) is 12.0. The SMILES string of the molecule is CC(=O)OC1CC(C)(O)C23CC(CC(OC(=O)C=Cc4ccccc4)C2(C)C1OC(=O)c1ccoc1)C(C)(C)O3. The van der Waals surface area contributed by atoms with Gasteiger partial charge in [-0.2, -0.15) is 0 Å². The molecule has 9 heteroatoms. The molecule has 40 heavy (non-hydrogen) atoms. The van der Waals surface area contributed by atoms with Crippen LogP contribution < -0.4 is 0 Å². The summed E-state index contributed by atoms with van der Waals surface area (Å²) in [7, 11) is 0. The number of carbonyl (C=O) groups excluding carboxylic acids is 3. The molecule has 7 unspecified atom stereocenters. The lowest BCUT2D eigenvalue weighted by Gasteiger charge is -2.63. The van der Waals surface area contributed by atoms with E-state index in [1.807, 2.05) is 44.2 Å². The van der Waals surface area contributed by atoms with Crippen LogP contribution in [0.1, 0.15) is 69.8 Å². The standard InChI is InChI=1S/C31H36O9/c1-19(32)37-23-17-29(4,35)31-16-22(28(2,3)40-31)15-24(38-25(33)12-11-20-9-7-6-8-10-20)30(31,5)26(23)39-27(34)21-13-14-36-18-21/h6-14,18,22-24,26,35H,15-17H2,1-5H3. The van der Waals surface area contributed by atoms with Crippen LogP contribution in [0.3, 0.4) is 0 Å². The normalized spacial score (nSPS) is 36.0. The molecule has 1 aliphatic heterocycles. The molecule has 5 rings (SSSR count). The van der Waals surface area contributed by atoms with Gasteiger partial charge in [0.1, 0.15) is 24.1 Å². The van der Waals surface area contributed by atoms with Gasteiger partial charge in [-0.05, 0) is 64.2 Å². The summed E-state index contributed by atoms with van der Waals surface area (Å²) < 4.78 is 29.7. The number of esters is 3. The quantitative estimate of drug-likeness (QED) is 0.314. The average Bonchev–Trinajstić information content (AvgIpc) is 3.50. The number of rotatable bonds is 6. The lowest BCUT2D eigenvalue weighted by Crippen LogP contribution is -2.77. The lowest BCUT2D eigenvalue weighted by molar-refractivity contribution is -0.323. The molecule has 1 spiro atoms. The molecule has 1 N–H and O–H groups in total. The molecule has 1 saturated heterocycles. The van der Waals surface area contributed by atoms with Gasteiger partial charge in [-0.1, -0.05) is 30.3 Å². The van der Waals surface area contributed by atoms with Gasteiger partial charge in [0.25, 0.3) is 0 Å². The highest BCUT2D eigenvalue weighted by molar-refractivity contribution is 5.89. The largest absolute Gasteiger partial charge is 0.472 e. The molecule has 2 saturated carbocycles. The van der Waals surface area contributed by atoms with Crippen molar-refractivity contribution in [3.05, 3.63) is 66.1 Å². The van der Waals surface area contributed by atoms with Crippen LogP contribution in [0.2, 0.25) is 0 Å². The number of furan rings is 1. The van der Waals surface area contributed by atoms with Crippen LogP contribution >= 0.6 is 0 Å². The van der Waals surface area contributed by atoms with E-state index in [1.165, 1.54) is 31.6 Å². The summed E-state index contributed by atoms with van der Waals surface area (Å²) in [6.07, 6.45) is 3.47. The average molecular weight is 553 g/mol. The topological polar surface area (TPSA) is 122 Å². The Bertz CT molecular complexity index is 1300. The molecule has 2 bridgehead atoms. The summed E-state index contributed by atoms with van der Waals surface area (Å²) >= 11 is 0. The first-order valence-electron chi connectivity index (χ1n) is 13.6. The summed E-state index contributed by atoms with van der Waals surface area (Å²) in [6.45, 7) is 8.60. The highest BCUT2D eigenvalue weighted by atomic mass is 16.6. The third kappa shape index (κ3) is 4.55. The Balaban J connectivity index is 1.58. The van der Waals surface area contributed by atoms with Gasteiger partial charge in [-0.25, -0.2) is 9.59 Å². The number of carbonyl (C=O) groups is 3. The number of benzene rings is 1. The second-order valence-corrected chi connectivity index (χ2v) is 12.1. The van der Waals surface area contributed by atoms with Crippen molar-refractivity contribution in [1.82, 2.24) is 0 Å². The highest BCUT2D eigenvalue weighted by Crippen LogP contribution is 2.68. The third-order valence-corrected chi connectivity index (χ3v) is 9.17. The fourth-order valence-corrected chi connectivity index (χ4v) is 7.16. The van der Waals surface area contributed by atoms with E-state index in [0.717, 1.165) is 5.56 Å². The minimum atomic E-state index is -1.52. The van der Waals surface area contributed by atoms with Gasteiger partial charge in [0.15, 0.2) is 6.10 Å². The van der Waals surface area contributed by atoms with E-state index in [0.29, 0.717) is 12.8 Å². The molecule has 9 nitrogen and oxygen atoms in total. The van der Waals surface area contributed by atoms with Crippen LogP contribution in [0, 0.1) is 11.3 Å². The number of aliphatic hydroxyl groups is 1. The fourth-order valence-electron chi connectivity index (χ4n) is 7.16. The Hall–Kier alpha value is -3.43. The van der Waals surface area contributed by atoms with Crippen molar-refractivity contribution in [2.45, 2.75) is 89.0 Å². The predicted octanol–water partition coefficient (Wildman–Crippen LogP) is 4.48. The maximum atomic E-state index is 13.3. The first-order valence-corrected chi connectivity index (χ1v) is 13.6. The van der Waals surface area contributed by atoms with Crippen molar-refractivity contribution in [1.29, 1.82) is 0 Å². The lowest BCUT2D eigenvalue weighted by atomic mass is 9.48. The van der Waals surface area contributed by atoms with E-state index in [1.54, 1.807) is 19.9 Å². The van der Waals surface area contributed by atoms with Gasteiger partial charge >= 0.3 is 17.9 Å². The van der Waals surface area contributed by atoms with Gasteiger partial charge in [0.05, 0.1) is 28.4 Å². The van der Waals surface area contributed by atoms with Crippen molar-refractivity contribution < 1.29 is 42.9 Å². The minimum Gasteiger partial charge on any atom is -0.472 e. The zero-order valence-electron chi connectivity index (χ0n) is 23.4. The number of hydrogen-bond donors (Lipinski definition) is 1. The summed E-state index contributed by atoms with van der Waals surface area (Å²) in [4.78, 5) is 38.7. The number of hydrogen-bond acceptors (Lipinski definition) is 9. The van der Waals surface area contributed by atoms with Gasteiger partial charge in [0.2, 0.25) is 0 Å². The molecule has 214 valence electrons. The van der Waals surface area contributed by atoms with Crippen molar-refractivity contribution in [2.75, 3.05) is 0 Å². The molecule has 2 aromatic rings. The molecule has 2 heterocycles. The van der Waals surface area contributed by atoms with Crippen LogP contribution in [0.25, 0.3) is 6.08 Å². The smallest absolute Gasteiger partial charge is 0.341 e. The predicted molar refractivity (Wildman–Crippen MR) is 143 cm³/mol. The Morgan fingerprint density at radius 2 is 1.73 bits per heavy atom. The Kier molecular flexibility index (Phi) is 6.95. The van der Waals surface area contributed by atoms with Crippen LogP contribution in [-0.4, -0.2) is 58.1 Å². The molecular formula is C31H36O9. The fraction of sp³-hybridized carbons (Fsp3) is 0.516. The second-order valence-electron chi connectivity index (χ2n) is 12.1. The maximum absolute atomic E-state index is 13.3. The van der Waals surface area contributed by atoms with Crippen LogP contribution in [0.15, 0.2) is 59.4 Å². The van der Waals surface area contributed by atoms with Crippen LogP contribution in [-0.2, 0) is 28.5 Å². The minimum absolute atomic E-state index is 0.0388. The van der Waals surface area contributed by atoms with E-state index in [2.05, 4.69) is 0 Å². The number of ether oxygens (including phenoxy) is 4. The molecule has 1 aromatic heterocycles. The maximum Gasteiger partial charge on any atom is 0.341 e. The second kappa shape index (κ2) is 9.89. The van der Waals surface area contributed by atoms with E-state index in [-0.39, 0.29) is 17.9 Å². The molecule has 1 aromatic carbocycles. The summed E-state index contributed by atoms with van der Waals surface area (Å²) in [5.74, 6) is -1.93. The van der Waals surface area contributed by atoms with Gasteiger partial charge in [-0.15, -0.1) is 0 Å². The van der Waals surface area contributed by atoms with E-state index < -0.39 is 58.4 Å². The molecule has 0 amide bonds. The van der Waals surface area contributed by atoms with Gasteiger partial charge in [-0.3, -0.25) is 4.79 Å². The molecule has 3 aliphatic rings. The summed E-state index contributed by atoms with van der Waals surface area (Å²) in [6, 6.07) is 10.8. The van der Waals surface area contributed by atoms with Gasteiger partial charge < -0.3 is 28.5 Å². The third-order valence-electron chi connectivity index (χ3n) is 9.17. The van der Waals surface area contributed by atoms with Crippen LogP contribution in [0.5, 0.6) is 0 Å². The van der Waals surface area contributed by atoms with Crippen LogP contribution in [0.4, 0.5) is 0 Å². The Morgan fingerprint density at radius 3 is 2.38 bits per heavy atom. The molecule has 3 fully saturated rings. The summed E-state index contributed by atoms with van der Waals surface area (Å²) in [5.41, 5.74) is -3.75. The Morgan fingerprint density at radius 1 is 1.00 bits per heavy atom. The van der Waals surface area contributed by atoms with Crippen molar-refractivity contribution in [3.63, 3.8) is 0 Å². The van der Waals surface area contributed by atoms with Gasteiger partial charge in [0, 0.05) is 19.4 Å². The molecular weight excluding hydrogens is 516 g/mol. The molecule has 0 radical (unpaired) electrons. The zero-order valence-corrected chi connectivity index (χ0v) is 23.4. The molecule has 7 atom stereocenters. The number of fused-ring (bicyclic) bond motifs is 1. The van der Waals surface area contributed by atoms with Crippen molar-refractivity contribution in [2.24, 2.45) is 11.3 Å². The van der Waals surface area contributed by atoms with Crippen molar-refractivity contribution >= 4 is 24.0 Å². The zero-order chi connectivity index (χ0) is 28.9. The highest BCUT2D eigenvalue weighted by Gasteiger charge is 2.79. The van der Waals surface area contributed by atoms with E-state index in [9.17, 15) is 19.5 Å². The van der Waals surface area contributed by atoms with Crippen molar-refractivity contribution in [3.8, 4) is 0 Å². The first kappa shape index (κ1) is 28.1. The first-order chi connectivity index (χ1) is 18.8. The molecule has 2 aliphatic carbocycles. The monoisotopic (exact) mass is 552 g/mol. The van der Waals surface area contributed by atoms with E-state index >= 15 is 0 Å².